The molecule has 1 rings (SSSR count). The molecule has 7 heavy (non-hydrogen) atoms. The lowest BCUT2D eigenvalue weighted by Crippen LogP contribution is -1.92. The first-order chi connectivity index (χ1) is 3.39. The highest BCUT2D eigenvalue weighted by molar-refractivity contribution is 5.01. The number of allylic oxidation sites excluding steroid dienone is 1. The number of nitriles is 1. The van der Waals surface area contributed by atoms with Crippen molar-refractivity contribution in [2.24, 2.45) is 0 Å². The second kappa shape index (κ2) is 3.42. The van der Waals surface area contributed by atoms with Gasteiger partial charge in [-0.05, 0) is 19.3 Å². The lowest BCUT2D eigenvalue weighted by atomic mass is 9.95. The fourth-order valence-electron chi connectivity index (χ4n) is 0.427. The first-order valence-electron chi connectivity index (χ1n) is 2.32. The Kier molecular flexibility index (Phi) is 3.04. The molecule has 0 amide bonds. The van der Waals surface area contributed by atoms with E-state index in [-0.39, 0.29) is 0 Å². The van der Waals surface area contributed by atoms with Gasteiger partial charge in [-0.2, -0.15) is 0 Å². The Morgan fingerprint density at radius 1 is 1.43 bits per heavy atom. The molecule has 0 atom stereocenters. The minimum Gasteiger partial charge on any atom is -0.202 e. The molecule has 1 nitrogen and oxygen atoms in total. The number of hydrogen-bond donors (Lipinski definition) is 0. The summed E-state index contributed by atoms with van der Waals surface area (Å²) in [4.78, 5) is 0. The summed E-state index contributed by atoms with van der Waals surface area (Å²) >= 11 is 0. The van der Waals surface area contributed by atoms with Crippen molar-refractivity contribution in [2.75, 3.05) is 0 Å². The van der Waals surface area contributed by atoms with Crippen molar-refractivity contribution >= 4 is 0 Å². The highest BCUT2D eigenvalue weighted by atomic mass is 14.2. The maximum atomic E-state index is 6.50. The van der Waals surface area contributed by atoms with E-state index in [1.54, 1.807) is 0 Å². The Hall–Kier alpha value is -0.770. The predicted octanol–water partition coefficient (Wildman–Crippen LogP) is 1.87. The number of hydrogen-bond acceptors (Lipinski definition) is 1. The van der Waals surface area contributed by atoms with Crippen LogP contribution in [0.25, 0.3) is 0 Å². The number of rotatable bonds is 0. The zero-order chi connectivity index (χ0) is 5.70. The molecule has 0 aliphatic heterocycles. The van der Waals surface area contributed by atoms with Crippen LogP contribution in [0, 0.1) is 11.8 Å². The minimum absolute atomic E-state index is 1.29. The van der Waals surface area contributed by atoms with Gasteiger partial charge in [0, 0.05) is 6.57 Å². The summed E-state index contributed by atoms with van der Waals surface area (Å²) in [5.74, 6) is 0. The summed E-state index contributed by atoms with van der Waals surface area (Å²) in [7, 11) is 0. The van der Waals surface area contributed by atoms with E-state index in [0.717, 1.165) is 0 Å². The minimum atomic E-state index is 1.29. The zero-order valence-electron chi connectivity index (χ0n) is 4.35. The van der Waals surface area contributed by atoms with Crippen LogP contribution in [0.4, 0.5) is 0 Å². The Balaban J connectivity index is 0.000000162. The van der Waals surface area contributed by atoms with E-state index >= 15 is 0 Å². The van der Waals surface area contributed by atoms with Gasteiger partial charge in [-0.25, -0.2) is 5.26 Å². The maximum absolute atomic E-state index is 6.50. The SMILES string of the molecule is C#N.C=C1CCC1. The molecule has 1 heteroatoms. The molecule has 0 saturated heterocycles. The molecule has 38 valence electrons. The number of nitrogens with zero attached hydrogens (tertiary/aromatic N) is 1. The molecule has 1 fully saturated rings. The molecular weight excluding hydrogens is 86.1 g/mol. The standard InChI is InChI=1S/C5H8.CHN/c1-5-3-2-4-5;1-2/h1-4H2;1H. The highest BCUT2D eigenvalue weighted by Crippen LogP contribution is 2.21. The third kappa shape index (κ3) is 1.99. The maximum Gasteiger partial charge on any atom is 0.0462 e. The molecular formula is C6H9N. The van der Waals surface area contributed by atoms with Crippen LogP contribution in [0.5, 0.6) is 0 Å². The monoisotopic (exact) mass is 95.1 g/mol. The normalized spacial score (nSPS) is 16.0. The van der Waals surface area contributed by atoms with Crippen molar-refractivity contribution in [3.8, 4) is 6.57 Å². The van der Waals surface area contributed by atoms with Gasteiger partial charge >= 0.3 is 0 Å². The van der Waals surface area contributed by atoms with Crippen LogP contribution in [0.2, 0.25) is 0 Å². The van der Waals surface area contributed by atoms with Gasteiger partial charge in [0.25, 0.3) is 0 Å². The Morgan fingerprint density at radius 3 is 1.71 bits per heavy atom. The van der Waals surface area contributed by atoms with E-state index in [0.29, 0.717) is 0 Å². The second-order valence-electron chi connectivity index (χ2n) is 1.60. The van der Waals surface area contributed by atoms with Gasteiger partial charge in [0.15, 0.2) is 0 Å². The third-order valence-electron chi connectivity index (χ3n) is 1.06. The van der Waals surface area contributed by atoms with E-state index in [1.807, 2.05) is 0 Å². The highest BCUT2D eigenvalue weighted by Gasteiger charge is 2.02. The first-order valence-corrected chi connectivity index (χ1v) is 2.32. The van der Waals surface area contributed by atoms with Crippen molar-refractivity contribution in [1.82, 2.24) is 0 Å². The lowest BCUT2D eigenvalue weighted by Gasteiger charge is -2.11. The molecule has 1 aliphatic rings. The smallest absolute Gasteiger partial charge is 0.0462 e. The molecule has 1 saturated carbocycles. The van der Waals surface area contributed by atoms with Crippen molar-refractivity contribution < 1.29 is 0 Å². The van der Waals surface area contributed by atoms with Crippen LogP contribution in [-0.4, -0.2) is 0 Å². The molecule has 0 N–H and O–H groups in total. The molecule has 0 aromatic carbocycles. The molecule has 1 aliphatic carbocycles. The summed E-state index contributed by atoms with van der Waals surface area (Å²) in [6.45, 7) is 7.26. The second-order valence-corrected chi connectivity index (χ2v) is 1.60. The van der Waals surface area contributed by atoms with Gasteiger partial charge in [-0.15, -0.1) is 0 Å². The van der Waals surface area contributed by atoms with Gasteiger partial charge in [0.1, 0.15) is 0 Å². The van der Waals surface area contributed by atoms with E-state index in [2.05, 4.69) is 13.2 Å². The lowest BCUT2D eigenvalue weighted by molar-refractivity contribution is 0.667. The van der Waals surface area contributed by atoms with Crippen LogP contribution in [0.3, 0.4) is 0 Å². The van der Waals surface area contributed by atoms with Gasteiger partial charge < -0.3 is 0 Å². The fourth-order valence-corrected chi connectivity index (χ4v) is 0.427. The Morgan fingerprint density at radius 2 is 1.71 bits per heavy atom. The summed E-state index contributed by atoms with van der Waals surface area (Å²) < 4.78 is 0. The van der Waals surface area contributed by atoms with Crippen LogP contribution in [0.1, 0.15) is 19.3 Å². The van der Waals surface area contributed by atoms with E-state index < -0.39 is 0 Å². The fraction of sp³-hybridized carbons (Fsp3) is 0.500. The van der Waals surface area contributed by atoms with Gasteiger partial charge in [0.05, 0.1) is 0 Å². The van der Waals surface area contributed by atoms with Gasteiger partial charge in [-0.1, -0.05) is 12.2 Å². The summed E-state index contributed by atoms with van der Waals surface area (Å²) in [5.41, 5.74) is 1.44. The Bertz CT molecular complexity index is 75.4. The summed E-state index contributed by atoms with van der Waals surface area (Å²) in [6.07, 6.45) is 3.97. The van der Waals surface area contributed by atoms with E-state index in [9.17, 15) is 0 Å². The van der Waals surface area contributed by atoms with Crippen molar-refractivity contribution in [1.29, 1.82) is 5.26 Å². The van der Waals surface area contributed by atoms with Crippen molar-refractivity contribution in [2.45, 2.75) is 19.3 Å². The van der Waals surface area contributed by atoms with Crippen LogP contribution < -0.4 is 0 Å². The quantitative estimate of drug-likeness (QED) is 0.421. The molecule has 0 aromatic rings. The molecule has 0 heterocycles. The molecule has 0 unspecified atom stereocenters. The zero-order valence-corrected chi connectivity index (χ0v) is 4.35. The largest absolute Gasteiger partial charge is 0.202 e. The topological polar surface area (TPSA) is 23.8 Å². The van der Waals surface area contributed by atoms with Gasteiger partial charge in [0.2, 0.25) is 0 Å². The third-order valence-corrected chi connectivity index (χ3v) is 1.06. The van der Waals surface area contributed by atoms with Crippen molar-refractivity contribution in [3.63, 3.8) is 0 Å². The van der Waals surface area contributed by atoms with Gasteiger partial charge in [-0.3, -0.25) is 0 Å². The van der Waals surface area contributed by atoms with Crippen LogP contribution in [0.15, 0.2) is 12.2 Å². The average Bonchev–Trinajstić information content (AvgIpc) is 1.68. The summed E-state index contributed by atoms with van der Waals surface area (Å²) in [6, 6.07) is 0. The first kappa shape index (κ1) is 6.23. The average molecular weight is 95.1 g/mol. The summed E-state index contributed by atoms with van der Waals surface area (Å²) in [5, 5.41) is 6.50. The predicted molar refractivity (Wildman–Crippen MR) is 29.7 cm³/mol. The van der Waals surface area contributed by atoms with Crippen LogP contribution >= 0.6 is 0 Å². The molecule has 0 spiro atoms. The molecule has 0 aromatic heterocycles. The van der Waals surface area contributed by atoms with Crippen LogP contribution in [-0.2, 0) is 0 Å². The molecule has 0 bridgehead atoms. The Labute approximate surface area is 44.3 Å². The van der Waals surface area contributed by atoms with E-state index in [1.165, 1.54) is 24.8 Å². The molecule has 0 radical (unpaired) electrons. The van der Waals surface area contributed by atoms with Crippen molar-refractivity contribution in [3.05, 3.63) is 12.2 Å². The van der Waals surface area contributed by atoms with E-state index in [4.69, 9.17) is 5.26 Å².